The van der Waals surface area contributed by atoms with Gasteiger partial charge in [-0.1, -0.05) is 55.8 Å². The van der Waals surface area contributed by atoms with E-state index in [-0.39, 0.29) is 0 Å². The van der Waals surface area contributed by atoms with Crippen LogP contribution in [-0.4, -0.2) is 12.6 Å². The first-order valence-corrected chi connectivity index (χ1v) is 6.68. The third-order valence-electron chi connectivity index (χ3n) is 2.95. The zero-order chi connectivity index (χ0) is 12.7. The Hall–Kier alpha value is -0.790. The molecule has 94 valence electrons. The highest BCUT2D eigenvalue weighted by atomic mass is 35.5. The second-order valence-electron chi connectivity index (χ2n) is 4.36. The van der Waals surface area contributed by atoms with E-state index < -0.39 is 0 Å². The van der Waals surface area contributed by atoms with Crippen LogP contribution in [0, 0.1) is 0 Å². The number of hydrogen-bond acceptors (Lipinski definition) is 1. The maximum absolute atomic E-state index is 6.19. The maximum Gasteiger partial charge on any atom is 0.0438 e. The minimum Gasteiger partial charge on any atom is -0.314 e. The van der Waals surface area contributed by atoms with Gasteiger partial charge in [-0.05, 0) is 37.4 Å². The van der Waals surface area contributed by atoms with Crippen molar-refractivity contribution < 1.29 is 0 Å². The quantitative estimate of drug-likeness (QED) is 0.716. The fraction of sp³-hybridized carbons (Fsp3) is 0.467. The molecule has 1 aromatic rings. The number of likely N-dealkylation sites (N-methyl/N-ethyl adjacent to an activating group) is 1. The molecule has 0 amide bonds. The van der Waals surface area contributed by atoms with E-state index in [9.17, 15) is 0 Å². The van der Waals surface area contributed by atoms with Gasteiger partial charge in [0.05, 0.1) is 0 Å². The van der Waals surface area contributed by atoms with E-state index in [1.54, 1.807) is 0 Å². The Bertz CT molecular complexity index is 360. The van der Waals surface area contributed by atoms with Crippen LogP contribution in [0.3, 0.4) is 0 Å². The van der Waals surface area contributed by atoms with Gasteiger partial charge in [-0.2, -0.15) is 0 Å². The Morgan fingerprint density at radius 1 is 1.35 bits per heavy atom. The van der Waals surface area contributed by atoms with Gasteiger partial charge in [0.1, 0.15) is 0 Å². The van der Waals surface area contributed by atoms with Gasteiger partial charge in [0.25, 0.3) is 0 Å². The summed E-state index contributed by atoms with van der Waals surface area (Å²) in [6.45, 7) is 9.35. The first kappa shape index (κ1) is 14.3. The van der Waals surface area contributed by atoms with Crippen LogP contribution in [0.1, 0.15) is 32.3 Å². The first-order chi connectivity index (χ1) is 8.17. The lowest BCUT2D eigenvalue weighted by atomic mass is 9.98. The molecule has 17 heavy (non-hydrogen) atoms. The smallest absolute Gasteiger partial charge is 0.0438 e. The molecular weight excluding hydrogens is 230 g/mol. The fourth-order valence-corrected chi connectivity index (χ4v) is 2.14. The third-order valence-corrected chi connectivity index (χ3v) is 3.32. The van der Waals surface area contributed by atoms with E-state index in [1.165, 1.54) is 11.1 Å². The topological polar surface area (TPSA) is 12.0 Å². The molecule has 1 nitrogen and oxygen atoms in total. The maximum atomic E-state index is 6.19. The second-order valence-corrected chi connectivity index (χ2v) is 4.77. The first-order valence-electron chi connectivity index (χ1n) is 6.30. The third kappa shape index (κ3) is 4.93. The summed E-state index contributed by atoms with van der Waals surface area (Å²) < 4.78 is 0. The van der Waals surface area contributed by atoms with E-state index in [1.807, 2.05) is 18.2 Å². The highest BCUT2D eigenvalue weighted by Gasteiger charge is 2.11. The van der Waals surface area contributed by atoms with E-state index in [2.05, 4.69) is 31.8 Å². The summed E-state index contributed by atoms with van der Waals surface area (Å²) in [5.74, 6) is 0. The van der Waals surface area contributed by atoms with Crippen LogP contribution >= 0.6 is 11.6 Å². The summed E-state index contributed by atoms with van der Waals surface area (Å²) in [5, 5.41) is 4.36. The average Bonchev–Trinajstić information content (AvgIpc) is 2.32. The van der Waals surface area contributed by atoms with Gasteiger partial charge in [0, 0.05) is 11.1 Å². The van der Waals surface area contributed by atoms with Gasteiger partial charge >= 0.3 is 0 Å². The molecule has 0 aliphatic rings. The zero-order valence-electron chi connectivity index (χ0n) is 10.8. The Kier molecular flexibility index (Phi) is 6.31. The van der Waals surface area contributed by atoms with Crippen LogP contribution in [0.2, 0.25) is 5.02 Å². The largest absolute Gasteiger partial charge is 0.314 e. The molecule has 1 atom stereocenters. The van der Waals surface area contributed by atoms with E-state index in [4.69, 9.17) is 11.6 Å². The van der Waals surface area contributed by atoms with Crippen molar-refractivity contribution in [3.05, 3.63) is 47.0 Å². The summed E-state index contributed by atoms with van der Waals surface area (Å²) in [7, 11) is 0. The van der Waals surface area contributed by atoms with Crippen LogP contribution in [0.15, 0.2) is 36.4 Å². The number of hydrogen-bond donors (Lipinski definition) is 1. The number of halogens is 1. The molecule has 1 unspecified atom stereocenters. The van der Waals surface area contributed by atoms with Crippen molar-refractivity contribution in [2.24, 2.45) is 0 Å². The van der Waals surface area contributed by atoms with Crippen molar-refractivity contribution in [3.63, 3.8) is 0 Å². The van der Waals surface area contributed by atoms with Gasteiger partial charge in [-0.15, -0.1) is 0 Å². The monoisotopic (exact) mass is 251 g/mol. The summed E-state index contributed by atoms with van der Waals surface area (Å²) in [6, 6.07) is 8.50. The number of nitrogens with one attached hydrogen (secondary N) is 1. The lowest BCUT2D eigenvalue weighted by molar-refractivity contribution is 0.516. The lowest BCUT2D eigenvalue weighted by Gasteiger charge is -2.19. The standard InChI is InChI=1S/C15H22ClN/c1-4-12(3)10-14(17-5-2)11-13-8-6-7-9-15(13)16/h6-9,14,17H,3-5,10-11H2,1-2H3. The van der Waals surface area contributed by atoms with Crippen LogP contribution in [0.5, 0.6) is 0 Å². The summed E-state index contributed by atoms with van der Waals surface area (Å²) in [4.78, 5) is 0. The van der Waals surface area contributed by atoms with Gasteiger partial charge in [-0.25, -0.2) is 0 Å². The SMILES string of the molecule is C=C(CC)CC(Cc1ccccc1Cl)NCC. The Morgan fingerprint density at radius 2 is 2.06 bits per heavy atom. The van der Waals surface area contributed by atoms with Crippen LogP contribution in [-0.2, 0) is 6.42 Å². The van der Waals surface area contributed by atoms with Crippen LogP contribution in [0.4, 0.5) is 0 Å². The predicted octanol–water partition coefficient (Wildman–Crippen LogP) is 4.22. The molecule has 0 saturated heterocycles. The van der Waals surface area contributed by atoms with Gasteiger partial charge in [0.15, 0.2) is 0 Å². The van der Waals surface area contributed by atoms with Gasteiger partial charge in [0.2, 0.25) is 0 Å². The molecule has 0 bridgehead atoms. The minimum atomic E-state index is 0.437. The second kappa shape index (κ2) is 7.52. The average molecular weight is 252 g/mol. The number of rotatable bonds is 7. The Morgan fingerprint density at radius 3 is 2.65 bits per heavy atom. The molecule has 0 fully saturated rings. The van der Waals surface area contributed by atoms with Crippen molar-refractivity contribution in [2.45, 2.75) is 39.2 Å². The van der Waals surface area contributed by atoms with E-state index in [0.717, 1.165) is 30.8 Å². The molecule has 0 heterocycles. The van der Waals surface area contributed by atoms with Gasteiger partial charge < -0.3 is 5.32 Å². The van der Waals surface area contributed by atoms with Crippen LogP contribution in [0.25, 0.3) is 0 Å². The Balaban J connectivity index is 2.66. The molecule has 0 saturated carbocycles. The van der Waals surface area contributed by atoms with Crippen molar-refractivity contribution >= 4 is 11.6 Å². The highest BCUT2D eigenvalue weighted by Crippen LogP contribution is 2.19. The highest BCUT2D eigenvalue weighted by molar-refractivity contribution is 6.31. The molecule has 1 rings (SSSR count). The Labute approximate surface area is 110 Å². The van der Waals surface area contributed by atoms with Gasteiger partial charge in [-0.3, -0.25) is 0 Å². The normalized spacial score (nSPS) is 12.4. The van der Waals surface area contributed by atoms with Crippen LogP contribution < -0.4 is 5.32 Å². The molecular formula is C15H22ClN. The van der Waals surface area contributed by atoms with Crippen molar-refractivity contribution in [1.29, 1.82) is 0 Å². The van der Waals surface area contributed by atoms with Crippen molar-refractivity contribution in [3.8, 4) is 0 Å². The molecule has 0 aromatic heterocycles. The van der Waals surface area contributed by atoms with E-state index in [0.29, 0.717) is 6.04 Å². The number of benzene rings is 1. The summed E-state index contributed by atoms with van der Waals surface area (Å²) >= 11 is 6.19. The molecule has 0 spiro atoms. The van der Waals surface area contributed by atoms with Crippen molar-refractivity contribution in [1.82, 2.24) is 5.32 Å². The molecule has 0 radical (unpaired) electrons. The molecule has 2 heteroatoms. The zero-order valence-corrected chi connectivity index (χ0v) is 11.6. The summed E-state index contributed by atoms with van der Waals surface area (Å²) in [5.41, 5.74) is 2.51. The summed E-state index contributed by atoms with van der Waals surface area (Å²) in [6.07, 6.45) is 3.03. The minimum absolute atomic E-state index is 0.437. The lowest BCUT2D eigenvalue weighted by Crippen LogP contribution is -2.31. The molecule has 1 aromatic carbocycles. The molecule has 0 aliphatic heterocycles. The van der Waals surface area contributed by atoms with E-state index >= 15 is 0 Å². The predicted molar refractivity (Wildman–Crippen MR) is 76.7 cm³/mol. The van der Waals surface area contributed by atoms with Crippen molar-refractivity contribution in [2.75, 3.05) is 6.54 Å². The molecule has 0 aliphatic carbocycles. The molecule has 1 N–H and O–H groups in total. The fourth-order valence-electron chi connectivity index (χ4n) is 1.93.